The maximum absolute atomic E-state index is 10.6. The van der Waals surface area contributed by atoms with Crippen molar-refractivity contribution < 1.29 is 4.79 Å². The number of hydrogen-bond acceptors (Lipinski definition) is 3. The molecule has 0 amide bonds. The van der Waals surface area contributed by atoms with Crippen LogP contribution in [0.15, 0.2) is 18.5 Å². The predicted octanol–water partition coefficient (Wildman–Crippen LogP) is 2.20. The molecular formula is C12H13N3O. The Morgan fingerprint density at radius 1 is 1.38 bits per heavy atom. The predicted molar refractivity (Wildman–Crippen MR) is 59.6 cm³/mol. The Morgan fingerprint density at radius 2 is 2.19 bits per heavy atom. The standard InChI is InChI=1S/C12H13N3O/c16-8-9-6-13-12-5-11(14-15(12)7-9)10-3-1-2-4-10/h5-8,10H,1-4H2. The molecule has 0 unspecified atom stereocenters. The highest BCUT2D eigenvalue weighted by molar-refractivity contribution is 5.73. The third-order valence-electron chi connectivity index (χ3n) is 3.26. The van der Waals surface area contributed by atoms with Gasteiger partial charge in [0.1, 0.15) is 0 Å². The molecule has 4 heteroatoms. The molecule has 0 spiro atoms. The van der Waals surface area contributed by atoms with Crippen LogP contribution in [0.2, 0.25) is 0 Å². The fourth-order valence-electron chi connectivity index (χ4n) is 2.39. The summed E-state index contributed by atoms with van der Waals surface area (Å²) < 4.78 is 1.71. The first-order valence-corrected chi connectivity index (χ1v) is 5.67. The van der Waals surface area contributed by atoms with E-state index in [-0.39, 0.29) is 0 Å². The maximum Gasteiger partial charge on any atom is 0.155 e. The SMILES string of the molecule is O=Cc1cnc2cc(C3CCCC3)nn2c1. The minimum atomic E-state index is 0.563. The Bertz CT molecular complexity index is 526. The van der Waals surface area contributed by atoms with Crippen LogP contribution in [-0.4, -0.2) is 20.9 Å². The number of nitrogens with zero attached hydrogens (tertiary/aromatic N) is 3. The van der Waals surface area contributed by atoms with E-state index in [1.165, 1.54) is 25.7 Å². The van der Waals surface area contributed by atoms with Crippen LogP contribution in [0.3, 0.4) is 0 Å². The number of carbonyl (C=O) groups excluding carboxylic acids is 1. The molecule has 0 aliphatic heterocycles. The summed E-state index contributed by atoms with van der Waals surface area (Å²) in [5.41, 5.74) is 2.51. The van der Waals surface area contributed by atoms with Crippen molar-refractivity contribution in [2.45, 2.75) is 31.6 Å². The minimum Gasteiger partial charge on any atom is -0.298 e. The lowest BCUT2D eigenvalue weighted by Crippen LogP contribution is -1.95. The summed E-state index contributed by atoms with van der Waals surface area (Å²) >= 11 is 0. The smallest absolute Gasteiger partial charge is 0.155 e. The van der Waals surface area contributed by atoms with Crippen LogP contribution in [0.1, 0.15) is 47.7 Å². The quantitative estimate of drug-likeness (QED) is 0.721. The van der Waals surface area contributed by atoms with Gasteiger partial charge in [-0.2, -0.15) is 5.10 Å². The first-order chi connectivity index (χ1) is 7.86. The second-order valence-electron chi connectivity index (χ2n) is 4.36. The van der Waals surface area contributed by atoms with Crippen LogP contribution in [0.5, 0.6) is 0 Å². The van der Waals surface area contributed by atoms with Crippen molar-refractivity contribution in [3.05, 3.63) is 29.7 Å². The molecule has 0 aromatic carbocycles. The Labute approximate surface area is 93.3 Å². The van der Waals surface area contributed by atoms with Crippen molar-refractivity contribution in [2.24, 2.45) is 0 Å². The molecule has 82 valence electrons. The van der Waals surface area contributed by atoms with E-state index in [9.17, 15) is 4.79 Å². The van der Waals surface area contributed by atoms with Gasteiger partial charge in [0.15, 0.2) is 11.9 Å². The van der Waals surface area contributed by atoms with Crippen molar-refractivity contribution in [1.82, 2.24) is 14.6 Å². The zero-order valence-corrected chi connectivity index (χ0v) is 8.97. The van der Waals surface area contributed by atoms with E-state index in [1.807, 2.05) is 6.07 Å². The second kappa shape index (κ2) is 3.70. The monoisotopic (exact) mass is 215 g/mol. The zero-order chi connectivity index (χ0) is 11.0. The Kier molecular flexibility index (Phi) is 2.20. The molecule has 0 N–H and O–H groups in total. The molecule has 0 saturated heterocycles. The van der Waals surface area contributed by atoms with Gasteiger partial charge in [-0.05, 0) is 12.8 Å². The molecule has 2 aromatic heterocycles. The van der Waals surface area contributed by atoms with Crippen molar-refractivity contribution in [3.8, 4) is 0 Å². The van der Waals surface area contributed by atoms with Gasteiger partial charge in [0.25, 0.3) is 0 Å². The summed E-state index contributed by atoms with van der Waals surface area (Å²) in [6, 6.07) is 2.03. The topological polar surface area (TPSA) is 47.3 Å². The largest absolute Gasteiger partial charge is 0.298 e. The van der Waals surface area contributed by atoms with Crippen LogP contribution >= 0.6 is 0 Å². The molecule has 0 radical (unpaired) electrons. The highest BCUT2D eigenvalue weighted by Crippen LogP contribution is 2.33. The van der Waals surface area contributed by atoms with Crippen LogP contribution in [-0.2, 0) is 0 Å². The van der Waals surface area contributed by atoms with E-state index in [4.69, 9.17) is 0 Å². The summed E-state index contributed by atoms with van der Waals surface area (Å²) in [4.78, 5) is 14.8. The van der Waals surface area contributed by atoms with Gasteiger partial charge in [0.05, 0.1) is 11.3 Å². The average molecular weight is 215 g/mol. The fourth-order valence-corrected chi connectivity index (χ4v) is 2.39. The second-order valence-corrected chi connectivity index (χ2v) is 4.36. The minimum absolute atomic E-state index is 0.563. The van der Waals surface area contributed by atoms with Crippen molar-refractivity contribution in [2.75, 3.05) is 0 Å². The van der Waals surface area contributed by atoms with Crippen LogP contribution in [0, 0.1) is 0 Å². The summed E-state index contributed by atoms with van der Waals surface area (Å²) in [5.74, 6) is 0.585. The summed E-state index contributed by atoms with van der Waals surface area (Å²) in [5, 5.41) is 4.50. The maximum atomic E-state index is 10.6. The molecule has 0 atom stereocenters. The van der Waals surface area contributed by atoms with E-state index >= 15 is 0 Å². The van der Waals surface area contributed by atoms with Crippen LogP contribution < -0.4 is 0 Å². The van der Waals surface area contributed by atoms with Gasteiger partial charge in [-0.15, -0.1) is 0 Å². The zero-order valence-electron chi connectivity index (χ0n) is 8.97. The first-order valence-electron chi connectivity index (χ1n) is 5.67. The third-order valence-corrected chi connectivity index (χ3v) is 3.26. The number of carbonyl (C=O) groups is 1. The van der Waals surface area contributed by atoms with Gasteiger partial charge in [0.2, 0.25) is 0 Å². The van der Waals surface area contributed by atoms with Gasteiger partial charge in [-0.3, -0.25) is 4.79 Å². The average Bonchev–Trinajstić information content (AvgIpc) is 2.96. The first kappa shape index (κ1) is 9.51. The number of fused-ring (bicyclic) bond motifs is 1. The Morgan fingerprint density at radius 3 is 2.94 bits per heavy atom. The normalized spacial score (nSPS) is 17.0. The molecule has 1 fully saturated rings. The Balaban J connectivity index is 2.04. The molecule has 2 heterocycles. The lowest BCUT2D eigenvalue weighted by Gasteiger charge is -2.01. The van der Waals surface area contributed by atoms with E-state index in [2.05, 4.69) is 10.1 Å². The van der Waals surface area contributed by atoms with Crippen molar-refractivity contribution >= 4 is 11.9 Å². The molecule has 16 heavy (non-hydrogen) atoms. The van der Waals surface area contributed by atoms with Gasteiger partial charge in [-0.1, -0.05) is 12.8 Å². The number of aldehydes is 1. The molecule has 0 bridgehead atoms. The molecule has 1 saturated carbocycles. The Hall–Kier alpha value is -1.71. The summed E-state index contributed by atoms with van der Waals surface area (Å²) in [6.45, 7) is 0. The van der Waals surface area contributed by atoms with Crippen molar-refractivity contribution in [3.63, 3.8) is 0 Å². The summed E-state index contributed by atoms with van der Waals surface area (Å²) in [7, 11) is 0. The van der Waals surface area contributed by atoms with Gasteiger partial charge < -0.3 is 0 Å². The van der Waals surface area contributed by atoms with Gasteiger partial charge >= 0.3 is 0 Å². The number of aromatic nitrogens is 3. The van der Waals surface area contributed by atoms with Crippen molar-refractivity contribution in [1.29, 1.82) is 0 Å². The van der Waals surface area contributed by atoms with E-state index in [0.717, 1.165) is 17.6 Å². The molecule has 2 aromatic rings. The lowest BCUT2D eigenvalue weighted by atomic mass is 10.1. The fraction of sp³-hybridized carbons (Fsp3) is 0.417. The molecule has 3 rings (SSSR count). The molecule has 4 nitrogen and oxygen atoms in total. The molecular weight excluding hydrogens is 202 g/mol. The highest BCUT2D eigenvalue weighted by atomic mass is 16.1. The number of rotatable bonds is 2. The highest BCUT2D eigenvalue weighted by Gasteiger charge is 2.20. The summed E-state index contributed by atoms with van der Waals surface area (Å²) in [6.07, 6.45) is 9.16. The molecule has 1 aliphatic carbocycles. The van der Waals surface area contributed by atoms with E-state index in [0.29, 0.717) is 11.5 Å². The van der Waals surface area contributed by atoms with Crippen LogP contribution in [0.4, 0.5) is 0 Å². The third kappa shape index (κ3) is 1.50. The van der Waals surface area contributed by atoms with E-state index < -0.39 is 0 Å². The van der Waals surface area contributed by atoms with Gasteiger partial charge in [-0.25, -0.2) is 9.50 Å². The van der Waals surface area contributed by atoms with E-state index in [1.54, 1.807) is 16.9 Å². The molecule has 1 aliphatic rings. The lowest BCUT2D eigenvalue weighted by molar-refractivity contribution is 0.112. The van der Waals surface area contributed by atoms with Crippen LogP contribution in [0.25, 0.3) is 5.65 Å². The number of hydrogen-bond donors (Lipinski definition) is 0. The van der Waals surface area contributed by atoms with Gasteiger partial charge in [0, 0.05) is 24.4 Å².